The van der Waals surface area contributed by atoms with Crippen molar-refractivity contribution in [1.82, 2.24) is 9.80 Å². The Balaban J connectivity index is 1.75. The number of amides is 2. The van der Waals surface area contributed by atoms with Crippen LogP contribution in [0.1, 0.15) is 42.5 Å². The van der Waals surface area contributed by atoms with Crippen molar-refractivity contribution in [1.29, 1.82) is 0 Å². The fourth-order valence-electron chi connectivity index (χ4n) is 3.80. The van der Waals surface area contributed by atoms with E-state index < -0.39 is 0 Å². The van der Waals surface area contributed by atoms with Crippen LogP contribution < -0.4 is 0 Å². The Morgan fingerprint density at radius 3 is 3.04 bits per heavy atom. The molecule has 1 spiro atoms. The third-order valence-electron chi connectivity index (χ3n) is 4.95. The van der Waals surface area contributed by atoms with E-state index in [1.54, 1.807) is 7.11 Å². The summed E-state index contributed by atoms with van der Waals surface area (Å²) in [6.07, 6.45) is 4.35. The van der Waals surface area contributed by atoms with Crippen molar-refractivity contribution in [3.05, 3.63) is 22.4 Å². The molecular formula is C17H24N2O3S. The van der Waals surface area contributed by atoms with Crippen LogP contribution in [-0.2, 0) is 9.53 Å². The average molecular weight is 336 g/mol. The number of piperidine rings is 1. The van der Waals surface area contributed by atoms with E-state index in [9.17, 15) is 9.59 Å². The van der Waals surface area contributed by atoms with Gasteiger partial charge in [0.1, 0.15) is 0 Å². The van der Waals surface area contributed by atoms with Gasteiger partial charge in [-0.25, -0.2) is 0 Å². The number of carbonyl (C=O) groups is 2. The van der Waals surface area contributed by atoms with E-state index in [2.05, 4.69) is 0 Å². The maximum atomic E-state index is 12.9. The van der Waals surface area contributed by atoms with Gasteiger partial charge < -0.3 is 14.5 Å². The topological polar surface area (TPSA) is 49.9 Å². The van der Waals surface area contributed by atoms with Crippen LogP contribution in [0, 0.1) is 0 Å². The number of rotatable bonds is 5. The molecule has 1 aromatic rings. The first-order valence-electron chi connectivity index (χ1n) is 8.27. The molecule has 1 atom stereocenters. The van der Waals surface area contributed by atoms with Gasteiger partial charge in [-0.3, -0.25) is 9.59 Å². The van der Waals surface area contributed by atoms with E-state index in [0.29, 0.717) is 19.6 Å². The van der Waals surface area contributed by atoms with Gasteiger partial charge in [-0.05, 0) is 37.1 Å². The quantitative estimate of drug-likeness (QED) is 0.776. The predicted molar refractivity (Wildman–Crippen MR) is 89.6 cm³/mol. The van der Waals surface area contributed by atoms with Crippen molar-refractivity contribution < 1.29 is 14.3 Å². The van der Waals surface area contributed by atoms with Gasteiger partial charge in [0, 0.05) is 38.7 Å². The predicted octanol–water partition coefficient (Wildman–Crippen LogP) is 2.38. The minimum atomic E-state index is -0.304. The summed E-state index contributed by atoms with van der Waals surface area (Å²) < 4.78 is 5.08. The Kier molecular flexibility index (Phi) is 5.02. The first-order chi connectivity index (χ1) is 11.2. The average Bonchev–Trinajstić information content (AvgIpc) is 3.17. The van der Waals surface area contributed by atoms with Gasteiger partial charge in [0.05, 0.1) is 17.5 Å². The van der Waals surface area contributed by atoms with Gasteiger partial charge in [-0.15, -0.1) is 0 Å². The summed E-state index contributed by atoms with van der Waals surface area (Å²) in [6.45, 7) is 2.81. The lowest BCUT2D eigenvalue weighted by atomic mass is 9.85. The number of thiophene rings is 1. The van der Waals surface area contributed by atoms with Crippen molar-refractivity contribution in [3.63, 3.8) is 0 Å². The molecule has 0 bridgehead atoms. The van der Waals surface area contributed by atoms with E-state index in [4.69, 9.17) is 4.74 Å². The Bertz CT molecular complexity index is 560. The largest absolute Gasteiger partial charge is 0.385 e. The van der Waals surface area contributed by atoms with Crippen LogP contribution in [0.3, 0.4) is 0 Å². The third-order valence-corrected chi connectivity index (χ3v) is 5.64. The second kappa shape index (κ2) is 7.01. The Labute approximate surface area is 141 Å². The molecule has 3 rings (SSSR count). The van der Waals surface area contributed by atoms with Gasteiger partial charge >= 0.3 is 0 Å². The number of carbonyl (C=O) groups excluding carboxylic acids is 2. The van der Waals surface area contributed by atoms with Crippen molar-refractivity contribution in [2.24, 2.45) is 0 Å². The van der Waals surface area contributed by atoms with E-state index in [1.807, 2.05) is 26.6 Å². The number of hydrogen-bond donors (Lipinski definition) is 0. The molecule has 0 aliphatic carbocycles. The summed E-state index contributed by atoms with van der Waals surface area (Å²) in [6, 6.07) is 1.88. The second-order valence-corrected chi connectivity index (χ2v) is 7.27. The Hall–Kier alpha value is -1.40. The molecule has 1 aromatic heterocycles. The maximum absolute atomic E-state index is 12.9. The fraction of sp³-hybridized carbons (Fsp3) is 0.647. The SMILES string of the molecule is COCCCN1C[C@@]2(CCCCN2C(=O)c2ccsc2)CC1=O. The highest BCUT2D eigenvalue weighted by molar-refractivity contribution is 7.08. The molecule has 0 unspecified atom stereocenters. The molecule has 2 amide bonds. The minimum absolute atomic E-state index is 0.0810. The molecule has 2 saturated heterocycles. The molecule has 2 aliphatic heterocycles. The lowest BCUT2D eigenvalue weighted by Crippen LogP contribution is -2.56. The minimum Gasteiger partial charge on any atom is -0.385 e. The Morgan fingerprint density at radius 1 is 1.43 bits per heavy atom. The molecule has 6 heteroatoms. The molecule has 0 aromatic carbocycles. The highest BCUT2D eigenvalue weighted by Gasteiger charge is 2.49. The molecule has 0 saturated carbocycles. The highest BCUT2D eigenvalue weighted by atomic mass is 32.1. The maximum Gasteiger partial charge on any atom is 0.255 e. The standard InChI is InChI=1S/C17H24N2O3S/c1-22-9-4-7-18-13-17(11-15(18)20)6-2-3-8-19(17)16(21)14-5-10-23-12-14/h5,10,12H,2-4,6-9,11,13H2,1H3/t17-/m1/s1. The van der Waals surface area contributed by atoms with Crippen LogP contribution in [0.5, 0.6) is 0 Å². The monoisotopic (exact) mass is 336 g/mol. The molecule has 3 heterocycles. The molecule has 126 valence electrons. The molecule has 0 N–H and O–H groups in total. The van der Waals surface area contributed by atoms with Crippen LogP contribution in [-0.4, -0.2) is 60.5 Å². The van der Waals surface area contributed by atoms with Crippen LogP contribution in [0.25, 0.3) is 0 Å². The fourth-order valence-corrected chi connectivity index (χ4v) is 4.43. The molecular weight excluding hydrogens is 312 g/mol. The molecule has 23 heavy (non-hydrogen) atoms. The van der Waals surface area contributed by atoms with E-state index >= 15 is 0 Å². The van der Waals surface area contributed by atoms with Crippen molar-refractivity contribution >= 4 is 23.2 Å². The Morgan fingerprint density at radius 2 is 2.30 bits per heavy atom. The van der Waals surface area contributed by atoms with Gasteiger partial charge in [0.2, 0.25) is 5.91 Å². The number of hydrogen-bond acceptors (Lipinski definition) is 4. The third kappa shape index (κ3) is 3.28. The number of ether oxygens (including phenoxy) is 1. The lowest BCUT2D eigenvalue weighted by molar-refractivity contribution is -0.128. The summed E-state index contributed by atoms with van der Waals surface area (Å²) in [7, 11) is 1.68. The molecule has 2 aliphatic rings. The molecule has 2 fully saturated rings. The van der Waals surface area contributed by atoms with Gasteiger partial charge in [-0.1, -0.05) is 0 Å². The zero-order valence-corrected chi connectivity index (χ0v) is 14.4. The smallest absolute Gasteiger partial charge is 0.255 e. The van der Waals surface area contributed by atoms with Gasteiger partial charge in [0.25, 0.3) is 5.91 Å². The van der Waals surface area contributed by atoms with Crippen LogP contribution in [0.15, 0.2) is 16.8 Å². The lowest BCUT2D eigenvalue weighted by Gasteiger charge is -2.44. The second-order valence-electron chi connectivity index (χ2n) is 6.49. The summed E-state index contributed by atoms with van der Waals surface area (Å²) in [5.41, 5.74) is 0.447. The van der Waals surface area contributed by atoms with Crippen LogP contribution >= 0.6 is 11.3 Å². The summed E-state index contributed by atoms with van der Waals surface area (Å²) in [5, 5.41) is 3.83. The summed E-state index contributed by atoms with van der Waals surface area (Å²) in [4.78, 5) is 29.2. The van der Waals surface area contributed by atoms with E-state index in [1.165, 1.54) is 11.3 Å². The summed E-state index contributed by atoms with van der Waals surface area (Å²) >= 11 is 1.54. The van der Waals surface area contributed by atoms with Crippen LogP contribution in [0.4, 0.5) is 0 Å². The first-order valence-corrected chi connectivity index (χ1v) is 9.21. The molecule has 0 radical (unpaired) electrons. The van der Waals surface area contributed by atoms with Gasteiger partial charge in [0.15, 0.2) is 0 Å². The number of methoxy groups -OCH3 is 1. The van der Waals surface area contributed by atoms with E-state index in [0.717, 1.165) is 44.3 Å². The van der Waals surface area contributed by atoms with Crippen LogP contribution in [0.2, 0.25) is 0 Å². The van der Waals surface area contributed by atoms with Crippen molar-refractivity contribution in [2.45, 2.75) is 37.6 Å². The number of nitrogens with zero attached hydrogens (tertiary/aromatic N) is 2. The highest BCUT2D eigenvalue weighted by Crippen LogP contribution is 2.38. The first kappa shape index (κ1) is 16.5. The van der Waals surface area contributed by atoms with Gasteiger partial charge in [-0.2, -0.15) is 11.3 Å². The summed E-state index contributed by atoms with van der Waals surface area (Å²) in [5.74, 6) is 0.253. The van der Waals surface area contributed by atoms with Crippen molar-refractivity contribution in [3.8, 4) is 0 Å². The number of likely N-dealkylation sites (tertiary alicyclic amines) is 2. The van der Waals surface area contributed by atoms with Crippen molar-refractivity contribution in [2.75, 3.05) is 33.4 Å². The normalized spacial score (nSPS) is 24.7. The molecule has 5 nitrogen and oxygen atoms in total. The zero-order chi connectivity index (χ0) is 16.3. The zero-order valence-electron chi connectivity index (χ0n) is 13.6. The van der Waals surface area contributed by atoms with E-state index in [-0.39, 0.29) is 17.4 Å².